The smallest absolute Gasteiger partial charge is 0.204 e. The molecule has 0 saturated carbocycles. The molecule has 4 heteroatoms. The van der Waals surface area contributed by atoms with Crippen molar-refractivity contribution in [1.82, 2.24) is 0 Å². The minimum Gasteiger partial charge on any atom is -0.507 e. The standard InChI is InChI=1S/C22H16O4/c1-4-22(2,3)26-15-11-17(23)20-19(12-15)25-18-10-14-8-6-5-7-13(14)9-16(18)21(20)24/h1,5-12,23H,2-3H3. The van der Waals surface area contributed by atoms with Crippen LogP contribution in [0.1, 0.15) is 13.8 Å². The first-order valence-corrected chi connectivity index (χ1v) is 8.17. The Balaban J connectivity index is 2.03. The first kappa shape index (κ1) is 16.0. The van der Waals surface area contributed by atoms with Gasteiger partial charge in [0.2, 0.25) is 5.43 Å². The maximum absolute atomic E-state index is 12.9. The molecule has 0 fully saturated rings. The average Bonchev–Trinajstić information content (AvgIpc) is 2.59. The molecule has 1 N–H and O–H groups in total. The first-order valence-electron chi connectivity index (χ1n) is 8.17. The molecule has 0 amide bonds. The van der Waals surface area contributed by atoms with Crippen LogP contribution in [0.5, 0.6) is 11.5 Å². The lowest BCUT2D eigenvalue weighted by molar-refractivity contribution is 0.172. The number of phenols is 1. The molecule has 4 nitrogen and oxygen atoms in total. The van der Waals surface area contributed by atoms with Crippen molar-refractivity contribution in [2.24, 2.45) is 0 Å². The highest BCUT2D eigenvalue weighted by atomic mass is 16.5. The van der Waals surface area contributed by atoms with Gasteiger partial charge < -0.3 is 14.3 Å². The summed E-state index contributed by atoms with van der Waals surface area (Å²) in [6.45, 7) is 3.47. The summed E-state index contributed by atoms with van der Waals surface area (Å²) < 4.78 is 11.6. The molecule has 0 saturated heterocycles. The fourth-order valence-electron chi connectivity index (χ4n) is 3.00. The van der Waals surface area contributed by atoms with Crippen molar-refractivity contribution in [1.29, 1.82) is 0 Å². The zero-order valence-electron chi connectivity index (χ0n) is 14.4. The predicted octanol–water partition coefficient (Wildman–Crippen LogP) is 4.60. The fourth-order valence-corrected chi connectivity index (χ4v) is 3.00. The van der Waals surface area contributed by atoms with E-state index >= 15 is 0 Å². The maximum Gasteiger partial charge on any atom is 0.204 e. The molecule has 0 aliphatic carbocycles. The molecule has 1 aromatic heterocycles. The number of fused-ring (bicyclic) bond motifs is 3. The van der Waals surface area contributed by atoms with Crippen LogP contribution in [-0.2, 0) is 0 Å². The number of hydrogen-bond acceptors (Lipinski definition) is 4. The van der Waals surface area contributed by atoms with E-state index in [1.807, 2.05) is 30.3 Å². The third-order valence-corrected chi connectivity index (χ3v) is 4.31. The van der Waals surface area contributed by atoms with Gasteiger partial charge >= 0.3 is 0 Å². The summed E-state index contributed by atoms with van der Waals surface area (Å²) in [6.07, 6.45) is 5.45. The van der Waals surface area contributed by atoms with E-state index in [2.05, 4.69) is 5.92 Å². The van der Waals surface area contributed by atoms with Crippen LogP contribution >= 0.6 is 0 Å². The second-order valence-corrected chi connectivity index (χ2v) is 6.70. The van der Waals surface area contributed by atoms with E-state index in [4.69, 9.17) is 15.6 Å². The van der Waals surface area contributed by atoms with Crippen LogP contribution in [0.4, 0.5) is 0 Å². The fraction of sp³-hybridized carbons (Fsp3) is 0.136. The molecule has 4 rings (SSSR count). The number of terminal acetylenes is 1. The highest BCUT2D eigenvalue weighted by Crippen LogP contribution is 2.33. The first-order chi connectivity index (χ1) is 12.4. The van der Waals surface area contributed by atoms with Crippen LogP contribution in [0, 0.1) is 12.3 Å². The second kappa shape index (κ2) is 5.53. The Morgan fingerprint density at radius 1 is 1.08 bits per heavy atom. The van der Waals surface area contributed by atoms with E-state index in [1.54, 1.807) is 26.0 Å². The van der Waals surface area contributed by atoms with Crippen LogP contribution in [0.15, 0.2) is 57.7 Å². The highest BCUT2D eigenvalue weighted by Gasteiger charge is 2.19. The molecule has 0 aliphatic rings. The van der Waals surface area contributed by atoms with Gasteiger partial charge in [0.15, 0.2) is 5.60 Å². The number of aromatic hydroxyl groups is 1. The van der Waals surface area contributed by atoms with E-state index in [0.29, 0.717) is 16.7 Å². The summed E-state index contributed by atoms with van der Waals surface area (Å²) >= 11 is 0. The number of ether oxygens (including phenoxy) is 1. The Hall–Kier alpha value is -3.45. The van der Waals surface area contributed by atoms with E-state index in [1.165, 1.54) is 6.07 Å². The average molecular weight is 344 g/mol. The van der Waals surface area contributed by atoms with Gasteiger partial charge in [-0.15, -0.1) is 6.42 Å². The Kier molecular flexibility index (Phi) is 3.41. The SMILES string of the molecule is C#CC(C)(C)Oc1cc(O)c2c(=O)c3cc4ccccc4cc3oc2c1. The normalized spacial score (nSPS) is 11.7. The topological polar surface area (TPSA) is 59.7 Å². The number of benzene rings is 3. The highest BCUT2D eigenvalue weighted by molar-refractivity contribution is 6.00. The molecule has 128 valence electrons. The maximum atomic E-state index is 12.9. The molecule has 0 spiro atoms. The van der Waals surface area contributed by atoms with Crippen molar-refractivity contribution >= 4 is 32.7 Å². The monoisotopic (exact) mass is 344 g/mol. The van der Waals surface area contributed by atoms with Crippen LogP contribution in [-0.4, -0.2) is 10.7 Å². The quantitative estimate of drug-likeness (QED) is 0.427. The molecule has 1 heterocycles. The third kappa shape index (κ3) is 2.55. The minimum absolute atomic E-state index is 0.124. The summed E-state index contributed by atoms with van der Waals surface area (Å²) in [4.78, 5) is 12.9. The van der Waals surface area contributed by atoms with Crippen molar-refractivity contribution in [2.75, 3.05) is 0 Å². The molecular formula is C22H16O4. The predicted molar refractivity (Wildman–Crippen MR) is 103 cm³/mol. The van der Waals surface area contributed by atoms with Crippen LogP contribution in [0.3, 0.4) is 0 Å². The number of phenolic OH excluding ortho intramolecular Hbond substituents is 1. The van der Waals surface area contributed by atoms with Gasteiger partial charge in [-0.25, -0.2) is 0 Å². The van der Waals surface area contributed by atoms with Crippen molar-refractivity contribution < 1.29 is 14.3 Å². The Morgan fingerprint density at radius 2 is 1.77 bits per heavy atom. The molecule has 26 heavy (non-hydrogen) atoms. The van der Waals surface area contributed by atoms with Crippen molar-refractivity contribution in [3.8, 4) is 23.8 Å². The summed E-state index contributed by atoms with van der Waals surface area (Å²) in [5.74, 6) is 2.66. The van der Waals surface area contributed by atoms with Gasteiger partial charge in [0, 0.05) is 12.1 Å². The van der Waals surface area contributed by atoms with Gasteiger partial charge in [0.05, 0.1) is 5.39 Å². The van der Waals surface area contributed by atoms with E-state index in [-0.39, 0.29) is 22.1 Å². The third-order valence-electron chi connectivity index (χ3n) is 4.31. The summed E-state index contributed by atoms with van der Waals surface area (Å²) in [6, 6.07) is 14.3. The Bertz CT molecular complexity index is 1270. The lowest BCUT2D eigenvalue weighted by Crippen LogP contribution is -2.25. The zero-order chi connectivity index (χ0) is 18.5. The number of hydrogen-bond donors (Lipinski definition) is 1. The molecular weight excluding hydrogens is 328 g/mol. The molecule has 0 radical (unpaired) electrons. The largest absolute Gasteiger partial charge is 0.507 e. The summed E-state index contributed by atoms with van der Waals surface area (Å²) in [5, 5.41) is 12.8. The van der Waals surface area contributed by atoms with Gasteiger partial charge in [-0.05, 0) is 36.8 Å². The lowest BCUT2D eigenvalue weighted by atomic mass is 10.1. The van der Waals surface area contributed by atoms with Crippen LogP contribution in [0.2, 0.25) is 0 Å². The molecule has 3 aromatic carbocycles. The minimum atomic E-state index is -0.854. The van der Waals surface area contributed by atoms with Gasteiger partial charge in [0.25, 0.3) is 0 Å². The van der Waals surface area contributed by atoms with E-state index in [9.17, 15) is 9.90 Å². The Morgan fingerprint density at radius 3 is 2.46 bits per heavy atom. The number of rotatable bonds is 2. The van der Waals surface area contributed by atoms with Crippen molar-refractivity contribution in [2.45, 2.75) is 19.4 Å². The molecule has 0 atom stereocenters. The van der Waals surface area contributed by atoms with Gasteiger partial charge in [-0.2, -0.15) is 0 Å². The van der Waals surface area contributed by atoms with E-state index < -0.39 is 5.60 Å². The second-order valence-electron chi connectivity index (χ2n) is 6.70. The molecule has 4 aromatic rings. The molecule has 0 aliphatic heterocycles. The summed E-state index contributed by atoms with van der Waals surface area (Å²) in [5.41, 5.74) is -0.435. The summed E-state index contributed by atoms with van der Waals surface area (Å²) in [7, 11) is 0. The Labute approximate surface area is 149 Å². The van der Waals surface area contributed by atoms with Gasteiger partial charge in [-0.1, -0.05) is 30.2 Å². The van der Waals surface area contributed by atoms with Crippen LogP contribution < -0.4 is 10.2 Å². The van der Waals surface area contributed by atoms with Gasteiger partial charge in [0.1, 0.15) is 28.1 Å². The molecule has 0 bridgehead atoms. The van der Waals surface area contributed by atoms with Crippen LogP contribution in [0.25, 0.3) is 32.7 Å². The van der Waals surface area contributed by atoms with E-state index in [0.717, 1.165) is 10.8 Å². The molecule has 0 unspecified atom stereocenters. The zero-order valence-corrected chi connectivity index (χ0v) is 14.4. The van der Waals surface area contributed by atoms with Crippen molar-refractivity contribution in [3.05, 3.63) is 58.8 Å². The van der Waals surface area contributed by atoms with Crippen molar-refractivity contribution in [3.63, 3.8) is 0 Å². The van der Waals surface area contributed by atoms with Gasteiger partial charge in [-0.3, -0.25) is 4.79 Å². The lowest BCUT2D eigenvalue weighted by Gasteiger charge is -2.20.